The number of carbonyl (C=O) groups is 1. The minimum atomic E-state index is -1.08. The van der Waals surface area contributed by atoms with Gasteiger partial charge in [0.1, 0.15) is 11.5 Å². The van der Waals surface area contributed by atoms with Crippen molar-refractivity contribution in [3.05, 3.63) is 53.1 Å². The van der Waals surface area contributed by atoms with E-state index in [0.29, 0.717) is 30.9 Å². The summed E-state index contributed by atoms with van der Waals surface area (Å²) in [6, 6.07) is 7.75. The number of anilines is 1. The van der Waals surface area contributed by atoms with E-state index in [1.165, 1.54) is 29.5 Å². The average molecular weight is 373 g/mol. The van der Waals surface area contributed by atoms with Gasteiger partial charge in [0.2, 0.25) is 0 Å². The summed E-state index contributed by atoms with van der Waals surface area (Å²) in [6.07, 6.45) is 0.321. The average Bonchev–Trinajstić information content (AvgIpc) is 3.07. The number of carboxylic acid groups (broad SMARTS) is 1. The molecule has 1 aliphatic rings. The lowest BCUT2D eigenvalue weighted by atomic mass is 10.1. The van der Waals surface area contributed by atoms with E-state index in [1.54, 1.807) is 12.1 Å². The Kier molecular flexibility index (Phi) is 4.52. The van der Waals surface area contributed by atoms with Crippen LogP contribution < -0.4 is 4.90 Å². The van der Waals surface area contributed by atoms with Gasteiger partial charge in [-0.2, -0.15) is 0 Å². The van der Waals surface area contributed by atoms with Crippen LogP contribution in [0.4, 0.5) is 9.52 Å². The molecule has 0 aliphatic carbocycles. The lowest BCUT2D eigenvalue weighted by molar-refractivity contribution is 0.0690. The lowest BCUT2D eigenvalue weighted by Crippen LogP contribution is -2.36. The Morgan fingerprint density at radius 3 is 2.85 bits per heavy atom. The zero-order chi connectivity index (χ0) is 18.1. The molecule has 0 atom stereocenters. The van der Waals surface area contributed by atoms with Gasteiger partial charge in [0, 0.05) is 25.2 Å². The number of carboxylic acids is 1. The molecule has 2 aromatic heterocycles. The molecule has 4 rings (SSSR count). The summed E-state index contributed by atoms with van der Waals surface area (Å²) in [5.41, 5.74) is 1.98. The van der Waals surface area contributed by atoms with E-state index in [2.05, 4.69) is 9.88 Å². The van der Waals surface area contributed by atoms with E-state index < -0.39 is 5.97 Å². The Morgan fingerprint density at radius 2 is 2.08 bits per heavy atom. The molecule has 1 saturated heterocycles. The summed E-state index contributed by atoms with van der Waals surface area (Å²) < 4.78 is 20.2. The number of halogens is 1. The highest BCUT2D eigenvalue weighted by Crippen LogP contribution is 2.32. The summed E-state index contributed by atoms with van der Waals surface area (Å²) in [7, 11) is 0. The molecule has 3 heterocycles. The normalized spacial score (nSPS) is 14.7. The first-order chi connectivity index (χ1) is 12.6. The molecule has 0 saturated carbocycles. The fourth-order valence-corrected chi connectivity index (χ4v) is 4.06. The van der Waals surface area contributed by atoms with Crippen molar-refractivity contribution in [3.63, 3.8) is 0 Å². The van der Waals surface area contributed by atoms with Crippen molar-refractivity contribution in [2.75, 3.05) is 31.2 Å². The highest BCUT2D eigenvalue weighted by molar-refractivity contribution is 7.22. The van der Waals surface area contributed by atoms with E-state index in [-0.39, 0.29) is 11.5 Å². The molecule has 0 radical (unpaired) electrons. The summed E-state index contributed by atoms with van der Waals surface area (Å²) in [4.78, 5) is 22.1. The molecule has 0 amide bonds. The number of rotatable bonds is 4. The lowest BCUT2D eigenvalue weighted by Gasteiger charge is -2.25. The Morgan fingerprint density at radius 1 is 1.27 bits per heavy atom. The van der Waals surface area contributed by atoms with Crippen LogP contribution in [-0.2, 0) is 11.2 Å². The first-order valence-electron chi connectivity index (χ1n) is 8.21. The van der Waals surface area contributed by atoms with Gasteiger partial charge in [0.25, 0.3) is 0 Å². The predicted molar refractivity (Wildman–Crippen MR) is 96.6 cm³/mol. The van der Waals surface area contributed by atoms with Crippen molar-refractivity contribution in [1.29, 1.82) is 0 Å². The van der Waals surface area contributed by atoms with Crippen molar-refractivity contribution in [2.24, 2.45) is 0 Å². The molecular weight excluding hydrogens is 357 g/mol. The maximum atomic E-state index is 14.1. The molecule has 134 valence electrons. The third-order valence-corrected chi connectivity index (χ3v) is 5.27. The van der Waals surface area contributed by atoms with Crippen LogP contribution in [0.1, 0.15) is 21.7 Å². The Hall–Kier alpha value is -2.58. The second-order valence-corrected chi connectivity index (χ2v) is 7.01. The number of morpholine rings is 1. The monoisotopic (exact) mass is 373 g/mol. The number of pyridine rings is 1. The van der Waals surface area contributed by atoms with Gasteiger partial charge in [-0.25, -0.2) is 19.2 Å². The smallest absolute Gasteiger partial charge is 0.354 e. The van der Waals surface area contributed by atoms with Crippen molar-refractivity contribution in [1.82, 2.24) is 9.97 Å². The topological polar surface area (TPSA) is 75.5 Å². The van der Waals surface area contributed by atoms with E-state index in [1.807, 2.05) is 0 Å². The van der Waals surface area contributed by atoms with E-state index in [9.17, 15) is 9.18 Å². The van der Waals surface area contributed by atoms with E-state index in [4.69, 9.17) is 14.8 Å². The van der Waals surface area contributed by atoms with Crippen LogP contribution in [0.5, 0.6) is 0 Å². The molecular formula is C18H16FN3O3S. The highest BCUT2D eigenvalue weighted by atomic mass is 32.1. The predicted octanol–water partition coefficient (Wildman–Crippen LogP) is 2.96. The minimum absolute atomic E-state index is 0.0255. The third-order valence-electron chi connectivity index (χ3n) is 4.21. The van der Waals surface area contributed by atoms with Crippen LogP contribution in [0.3, 0.4) is 0 Å². The number of hydrogen-bond donors (Lipinski definition) is 1. The van der Waals surface area contributed by atoms with Crippen molar-refractivity contribution in [2.45, 2.75) is 6.42 Å². The Bertz CT molecular complexity index is 969. The van der Waals surface area contributed by atoms with E-state index >= 15 is 0 Å². The number of benzene rings is 1. The number of nitrogens with zero attached hydrogens (tertiary/aromatic N) is 3. The van der Waals surface area contributed by atoms with E-state index in [0.717, 1.165) is 28.4 Å². The van der Waals surface area contributed by atoms with Crippen molar-refractivity contribution in [3.8, 4) is 0 Å². The minimum Gasteiger partial charge on any atom is -0.477 e. The number of fused-ring (bicyclic) bond motifs is 1. The van der Waals surface area contributed by atoms with Gasteiger partial charge in [-0.1, -0.05) is 17.4 Å². The summed E-state index contributed by atoms with van der Waals surface area (Å²) in [5, 5.41) is 9.94. The number of hydrogen-bond acceptors (Lipinski definition) is 6. The SMILES string of the molecule is O=C(O)c1cccc(Cc2cc(F)cc3sc(N4CCOCC4)nc23)n1. The maximum Gasteiger partial charge on any atom is 0.354 e. The fraction of sp³-hybridized carbons (Fsp3) is 0.278. The van der Waals surface area contributed by atoms with Crippen LogP contribution in [-0.4, -0.2) is 47.3 Å². The second kappa shape index (κ2) is 6.97. The number of aromatic nitrogens is 2. The first-order valence-corrected chi connectivity index (χ1v) is 9.03. The van der Waals surface area contributed by atoms with Gasteiger partial charge in [-0.15, -0.1) is 0 Å². The van der Waals surface area contributed by atoms with Crippen LogP contribution in [0.2, 0.25) is 0 Å². The van der Waals surface area contributed by atoms with Gasteiger partial charge in [0.15, 0.2) is 5.13 Å². The maximum absolute atomic E-state index is 14.1. The molecule has 8 heteroatoms. The molecule has 0 unspecified atom stereocenters. The van der Waals surface area contributed by atoms with Crippen LogP contribution >= 0.6 is 11.3 Å². The zero-order valence-corrected chi connectivity index (χ0v) is 14.6. The first kappa shape index (κ1) is 16.9. The van der Waals surface area contributed by atoms with Crippen molar-refractivity contribution < 1.29 is 19.0 Å². The van der Waals surface area contributed by atoms with Gasteiger partial charge >= 0.3 is 5.97 Å². The Balaban J connectivity index is 1.71. The molecule has 3 aromatic rings. The number of aromatic carboxylic acids is 1. The zero-order valence-electron chi connectivity index (χ0n) is 13.8. The van der Waals surface area contributed by atoms with Crippen LogP contribution in [0.25, 0.3) is 10.2 Å². The van der Waals surface area contributed by atoms with Crippen LogP contribution in [0, 0.1) is 5.82 Å². The third kappa shape index (κ3) is 3.38. The fourth-order valence-electron chi connectivity index (χ4n) is 2.97. The molecule has 26 heavy (non-hydrogen) atoms. The van der Waals surface area contributed by atoms with Crippen LogP contribution in [0.15, 0.2) is 30.3 Å². The number of ether oxygens (including phenoxy) is 1. The molecule has 1 aromatic carbocycles. The summed E-state index contributed by atoms with van der Waals surface area (Å²) in [5.74, 6) is -1.42. The van der Waals surface area contributed by atoms with Crippen molar-refractivity contribution >= 4 is 32.7 Å². The summed E-state index contributed by atoms with van der Waals surface area (Å²) >= 11 is 1.46. The molecule has 1 N–H and O–H groups in total. The largest absolute Gasteiger partial charge is 0.477 e. The second-order valence-electron chi connectivity index (χ2n) is 6.00. The van der Waals surface area contributed by atoms with Gasteiger partial charge in [-0.3, -0.25) is 0 Å². The van der Waals surface area contributed by atoms with Gasteiger partial charge in [0.05, 0.1) is 23.4 Å². The van der Waals surface area contributed by atoms with Gasteiger partial charge in [-0.05, 0) is 29.8 Å². The Labute approximate surface area is 152 Å². The molecule has 0 bridgehead atoms. The standard InChI is InChI=1S/C18H16FN3O3S/c19-12-8-11(9-13-2-1-3-14(20-13)17(23)24)16-15(10-12)26-18(21-16)22-4-6-25-7-5-22/h1-3,8,10H,4-7,9H2,(H,23,24). The highest BCUT2D eigenvalue weighted by Gasteiger charge is 2.18. The quantitative estimate of drug-likeness (QED) is 0.758. The number of thiazole rings is 1. The molecule has 0 spiro atoms. The van der Waals surface area contributed by atoms with Gasteiger partial charge < -0.3 is 14.7 Å². The summed E-state index contributed by atoms with van der Waals surface area (Å²) in [6.45, 7) is 2.84. The molecule has 1 fully saturated rings. The molecule has 6 nitrogen and oxygen atoms in total. The molecule has 1 aliphatic heterocycles.